The molecule has 0 heterocycles. The number of rotatable bonds is 5. The number of hydrogen-bond acceptors (Lipinski definition) is 5. The number of ether oxygens (including phenoxy) is 1. The summed E-state index contributed by atoms with van der Waals surface area (Å²) in [6.07, 6.45) is 0.384. The van der Waals surface area contributed by atoms with Crippen molar-refractivity contribution in [3.8, 4) is 5.75 Å². The highest BCUT2D eigenvalue weighted by molar-refractivity contribution is 5.97. The molecule has 2 aromatic rings. The number of nitro benzene ring substituents is 1. The molecule has 22 heavy (non-hydrogen) atoms. The third kappa shape index (κ3) is 3.35. The summed E-state index contributed by atoms with van der Waals surface area (Å²) in [5.74, 6) is -0.616. The van der Waals surface area contributed by atoms with Gasteiger partial charge in [-0.25, -0.2) is 4.79 Å². The zero-order chi connectivity index (χ0) is 16.1. The summed E-state index contributed by atoms with van der Waals surface area (Å²) in [6, 6.07) is 11.6. The minimum absolute atomic E-state index is 0.0171. The number of benzene rings is 2. The second-order valence-corrected chi connectivity index (χ2v) is 4.46. The van der Waals surface area contributed by atoms with Gasteiger partial charge in [0.1, 0.15) is 11.3 Å². The number of ketones is 1. The van der Waals surface area contributed by atoms with E-state index in [9.17, 15) is 19.7 Å². The molecule has 0 aromatic heterocycles. The van der Waals surface area contributed by atoms with Gasteiger partial charge in [-0.3, -0.25) is 14.9 Å². The maximum Gasteiger partial charge on any atom is 0.350 e. The van der Waals surface area contributed by atoms with E-state index in [1.807, 2.05) is 0 Å². The summed E-state index contributed by atoms with van der Waals surface area (Å²) >= 11 is 0. The smallest absolute Gasteiger partial charge is 0.350 e. The van der Waals surface area contributed by atoms with Gasteiger partial charge >= 0.3 is 5.97 Å². The molecule has 0 atom stereocenters. The van der Waals surface area contributed by atoms with E-state index < -0.39 is 10.9 Å². The van der Waals surface area contributed by atoms with Crippen LogP contribution in [0.1, 0.15) is 34.1 Å². The quantitative estimate of drug-likeness (QED) is 0.277. The first kappa shape index (κ1) is 15.4. The summed E-state index contributed by atoms with van der Waals surface area (Å²) in [5, 5.41) is 10.9. The highest BCUT2D eigenvalue weighted by Crippen LogP contribution is 2.21. The van der Waals surface area contributed by atoms with Crippen LogP contribution in [0.25, 0.3) is 0 Å². The van der Waals surface area contributed by atoms with Crippen molar-refractivity contribution in [1.82, 2.24) is 0 Å². The molecule has 0 aliphatic rings. The normalized spacial score (nSPS) is 10.0. The Bertz CT molecular complexity index is 722. The Kier molecular flexibility index (Phi) is 4.63. The van der Waals surface area contributed by atoms with E-state index in [1.54, 1.807) is 19.1 Å². The number of nitro groups is 1. The average molecular weight is 299 g/mol. The van der Waals surface area contributed by atoms with Crippen molar-refractivity contribution in [3.05, 3.63) is 69.8 Å². The highest BCUT2D eigenvalue weighted by atomic mass is 16.6. The van der Waals surface area contributed by atoms with Gasteiger partial charge in [-0.05, 0) is 30.3 Å². The van der Waals surface area contributed by atoms with E-state index in [2.05, 4.69) is 0 Å². The number of hydrogen-bond donors (Lipinski definition) is 0. The molecule has 2 aromatic carbocycles. The molecule has 0 radical (unpaired) electrons. The van der Waals surface area contributed by atoms with Crippen LogP contribution in [0, 0.1) is 10.1 Å². The molecule has 112 valence electrons. The average Bonchev–Trinajstić information content (AvgIpc) is 2.54. The van der Waals surface area contributed by atoms with Crippen LogP contribution >= 0.6 is 0 Å². The molecule has 0 bridgehead atoms. The Balaban J connectivity index is 2.19. The van der Waals surface area contributed by atoms with Gasteiger partial charge in [0.2, 0.25) is 0 Å². The van der Waals surface area contributed by atoms with Gasteiger partial charge in [0, 0.05) is 18.1 Å². The van der Waals surface area contributed by atoms with Gasteiger partial charge in [-0.15, -0.1) is 0 Å². The molecule has 0 aliphatic carbocycles. The molecule has 6 nitrogen and oxygen atoms in total. The highest BCUT2D eigenvalue weighted by Gasteiger charge is 2.21. The van der Waals surface area contributed by atoms with Crippen molar-refractivity contribution in [2.45, 2.75) is 13.3 Å². The minimum Gasteiger partial charge on any atom is -0.423 e. The Morgan fingerprint density at radius 2 is 1.73 bits per heavy atom. The summed E-state index contributed by atoms with van der Waals surface area (Å²) < 4.78 is 5.10. The summed E-state index contributed by atoms with van der Waals surface area (Å²) in [7, 11) is 0. The predicted molar refractivity (Wildman–Crippen MR) is 79.1 cm³/mol. The van der Waals surface area contributed by atoms with Crippen LogP contribution in [-0.4, -0.2) is 16.7 Å². The molecule has 6 heteroatoms. The molecule has 0 spiro atoms. The monoisotopic (exact) mass is 299 g/mol. The maximum atomic E-state index is 12.0. The van der Waals surface area contributed by atoms with Crippen LogP contribution < -0.4 is 4.74 Å². The summed E-state index contributed by atoms with van der Waals surface area (Å²) in [5.41, 5.74) is 0.0829. The van der Waals surface area contributed by atoms with Gasteiger partial charge in [0.05, 0.1) is 4.92 Å². The molecule has 0 saturated heterocycles. The topological polar surface area (TPSA) is 86.5 Å². The van der Waals surface area contributed by atoms with Gasteiger partial charge in [0.25, 0.3) is 5.69 Å². The maximum absolute atomic E-state index is 12.0. The van der Waals surface area contributed by atoms with E-state index in [0.717, 1.165) is 0 Å². The molecule has 0 fully saturated rings. The van der Waals surface area contributed by atoms with Gasteiger partial charge in [0.15, 0.2) is 5.78 Å². The second-order valence-electron chi connectivity index (χ2n) is 4.46. The van der Waals surface area contributed by atoms with Crippen LogP contribution in [0.15, 0.2) is 48.5 Å². The van der Waals surface area contributed by atoms with E-state index in [-0.39, 0.29) is 22.8 Å². The van der Waals surface area contributed by atoms with Crippen LogP contribution in [0.3, 0.4) is 0 Å². The first-order valence-corrected chi connectivity index (χ1v) is 6.61. The van der Waals surface area contributed by atoms with Gasteiger partial charge < -0.3 is 4.74 Å². The van der Waals surface area contributed by atoms with Crippen molar-refractivity contribution < 1.29 is 19.2 Å². The molecule has 0 unspecified atom stereocenters. The predicted octanol–water partition coefficient (Wildman–Crippen LogP) is 3.41. The molecule has 0 amide bonds. The minimum atomic E-state index is -0.818. The van der Waals surface area contributed by atoms with Crippen molar-refractivity contribution in [1.29, 1.82) is 0 Å². The fourth-order valence-corrected chi connectivity index (χ4v) is 1.88. The third-order valence-corrected chi connectivity index (χ3v) is 3.03. The largest absolute Gasteiger partial charge is 0.423 e. The Hall–Kier alpha value is -3.02. The van der Waals surface area contributed by atoms with Crippen LogP contribution in [0.2, 0.25) is 0 Å². The van der Waals surface area contributed by atoms with Crippen molar-refractivity contribution >= 4 is 17.4 Å². The molecule has 0 N–H and O–H groups in total. The number of esters is 1. The molecule has 0 saturated carbocycles. The van der Waals surface area contributed by atoms with E-state index in [0.29, 0.717) is 12.0 Å². The zero-order valence-corrected chi connectivity index (χ0v) is 11.8. The SMILES string of the molecule is CCC(=O)c1ccc(OC(=O)c2ccccc2[N+](=O)[O-])cc1. The lowest BCUT2D eigenvalue weighted by Crippen LogP contribution is -2.11. The lowest BCUT2D eigenvalue weighted by Gasteiger charge is -2.05. The first-order valence-electron chi connectivity index (χ1n) is 6.61. The zero-order valence-electron chi connectivity index (χ0n) is 11.8. The Morgan fingerprint density at radius 3 is 2.32 bits per heavy atom. The van der Waals surface area contributed by atoms with Gasteiger partial charge in [-0.2, -0.15) is 0 Å². The number of para-hydroxylation sites is 1. The van der Waals surface area contributed by atoms with Crippen LogP contribution in [0.4, 0.5) is 5.69 Å². The molecular weight excluding hydrogens is 286 g/mol. The lowest BCUT2D eigenvalue weighted by molar-refractivity contribution is -0.385. The lowest BCUT2D eigenvalue weighted by atomic mass is 10.1. The third-order valence-electron chi connectivity index (χ3n) is 3.03. The van der Waals surface area contributed by atoms with E-state index in [1.165, 1.54) is 36.4 Å². The molecule has 2 rings (SSSR count). The number of carbonyl (C=O) groups is 2. The van der Waals surface area contributed by atoms with Crippen molar-refractivity contribution in [3.63, 3.8) is 0 Å². The molecular formula is C16H13NO5. The van der Waals surface area contributed by atoms with E-state index >= 15 is 0 Å². The summed E-state index contributed by atoms with van der Waals surface area (Å²) in [4.78, 5) is 33.8. The second kappa shape index (κ2) is 6.62. The molecule has 0 aliphatic heterocycles. The fourth-order valence-electron chi connectivity index (χ4n) is 1.88. The number of Topliss-reactive ketones (excluding diaryl/α,β-unsaturated/α-hetero) is 1. The Morgan fingerprint density at radius 1 is 1.09 bits per heavy atom. The van der Waals surface area contributed by atoms with Crippen molar-refractivity contribution in [2.24, 2.45) is 0 Å². The Labute approximate surface area is 126 Å². The summed E-state index contributed by atoms with van der Waals surface area (Å²) in [6.45, 7) is 1.75. The van der Waals surface area contributed by atoms with Crippen molar-refractivity contribution in [2.75, 3.05) is 0 Å². The van der Waals surface area contributed by atoms with Gasteiger partial charge in [-0.1, -0.05) is 19.1 Å². The van der Waals surface area contributed by atoms with Crippen LogP contribution in [-0.2, 0) is 0 Å². The first-order chi connectivity index (χ1) is 10.5. The van der Waals surface area contributed by atoms with E-state index in [4.69, 9.17) is 4.74 Å². The number of carbonyl (C=O) groups excluding carboxylic acids is 2. The standard InChI is InChI=1S/C16H13NO5/c1-2-15(18)11-7-9-12(10-8-11)22-16(19)13-5-3-4-6-14(13)17(20)21/h3-10H,2H2,1H3. The van der Waals surface area contributed by atoms with Crippen LogP contribution in [0.5, 0.6) is 5.75 Å². The fraction of sp³-hybridized carbons (Fsp3) is 0.125. The number of nitrogens with zero attached hydrogens (tertiary/aromatic N) is 1.